The van der Waals surface area contributed by atoms with Gasteiger partial charge >= 0.3 is 0 Å². The maximum atomic E-state index is 13.7. The van der Waals surface area contributed by atoms with Crippen molar-refractivity contribution in [3.63, 3.8) is 0 Å². The van der Waals surface area contributed by atoms with Gasteiger partial charge in [0.05, 0.1) is 6.04 Å². The third-order valence-corrected chi connectivity index (χ3v) is 3.04. The molecule has 1 atom stereocenters. The Kier molecular flexibility index (Phi) is 2.71. The van der Waals surface area contributed by atoms with Crippen LogP contribution >= 0.6 is 0 Å². The van der Waals surface area contributed by atoms with E-state index in [4.69, 9.17) is 0 Å². The standard InChI is InChI=1S/C12H14FNO/c1-2-11-12-9(4-3-5-10(12)13)6-7-14(11)8-15/h3-5,8,11H,2,6-7H2,1H3. The van der Waals surface area contributed by atoms with Crippen LogP contribution in [-0.4, -0.2) is 17.9 Å². The Bertz CT molecular complexity index is 378. The molecular formula is C12H14FNO. The van der Waals surface area contributed by atoms with Crippen molar-refractivity contribution in [3.8, 4) is 0 Å². The number of nitrogens with zero attached hydrogens (tertiary/aromatic N) is 1. The lowest BCUT2D eigenvalue weighted by atomic mass is 9.91. The van der Waals surface area contributed by atoms with Gasteiger partial charge in [0, 0.05) is 12.1 Å². The molecule has 1 aromatic carbocycles. The third-order valence-electron chi connectivity index (χ3n) is 3.04. The summed E-state index contributed by atoms with van der Waals surface area (Å²) < 4.78 is 13.7. The van der Waals surface area contributed by atoms with Crippen LogP contribution in [0.1, 0.15) is 30.5 Å². The Morgan fingerprint density at radius 1 is 1.60 bits per heavy atom. The van der Waals surface area contributed by atoms with Crippen LogP contribution in [0.2, 0.25) is 0 Å². The SMILES string of the molecule is CCC1c2c(F)cccc2CCN1C=O. The minimum Gasteiger partial charge on any atom is -0.338 e. The summed E-state index contributed by atoms with van der Waals surface area (Å²) in [6.07, 6.45) is 2.33. The quantitative estimate of drug-likeness (QED) is 0.681. The van der Waals surface area contributed by atoms with Crippen LogP contribution in [0.15, 0.2) is 18.2 Å². The molecular weight excluding hydrogens is 193 g/mol. The molecule has 2 rings (SSSR count). The highest BCUT2D eigenvalue weighted by molar-refractivity contribution is 5.51. The first-order chi connectivity index (χ1) is 7.27. The molecule has 0 radical (unpaired) electrons. The van der Waals surface area contributed by atoms with Crippen LogP contribution in [0, 0.1) is 5.82 Å². The summed E-state index contributed by atoms with van der Waals surface area (Å²) in [5, 5.41) is 0. The molecule has 1 aliphatic heterocycles. The number of carbonyl (C=O) groups excluding carboxylic acids is 1. The molecule has 80 valence electrons. The van der Waals surface area contributed by atoms with Crippen molar-refractivity contribution in [1.82, 2.24) is 4.90 Å². The van der Waals surface area contributed by atoms with Gasteiger partial charge in [-0.05, 0) is 24.5 Å². The second-order valence-corrected chi connectivity index (χ2v) is 3.83. The lowest BCUT2D eigenvalue weighted by molar-refractivity contribution is -0.120. The number of hydrogen-bond donors (Lipinski definition) is 0. The largest absolute Gasteiger partial charge is 0.338 e. The van der Waals surface area contributed by atoms with Gasteiger partial charge in [-0.25, -0.2) is 4.39 Å². The summed E-state index contributed by atoms with van der Waals surface area (Å²) in [5.41, 5.74) is 1.75. The Morgan fingerprint density at radius 3 is 3.07 bits per heavy atom. The molecule has 0 saturated heterocycles. The van der Waals surface area contributed by atoms with Crippen molar-refractivity contribution >= 4 is 6.41 Å². The average molecular weight is 207 g/mol. The first-order valence-corrected chi connectivity index (χ1v) is 5.26. The number of amides is 1. The fraction of sp³-hybridized carbons (Fsp3) is 0.417. The fourth-order valence-electron chi connectivity index (χ4n) is 2.31. The first-order valence-electron chi connectivity index (χ1n) is 5.26. The average Bonchev–Trinajstić information content (AvgIpc) is 2.28. The summed E-state index contributed by atoms with van der Waals surface area (Å²) in [4.78, 5) is 12.5. The van der Waals surface area contributed by atoms with Gasteiger partial charge in [-0.1, -0.05) is 19.1 Å². The summed E-state index contributed by atoms with van der Waals surface area (Å²) in [5.74, 6) is -0.189. The van der Waals surface area contributed by atoms with E-state index >= 15 is 0 Å². The zero-order chi connectivity index (χ0) is 10.8. The van der Waals surface area contributed by atoms with E-state index in [9.17, 15) is 9.18 Å². The molecule has 1 heterocycles. The first kappa shape index (κ1) is 10.1. The molecule has 0 bridgehead atoms. The van der Waals surface area contributed by atoms with E-state index in [2.05, 4.69) is 0 Å². The summed E-state index contributed by atoms with van der Waals surface area (Å²) in [6.45, 7) is 2.67. The van der Waals surface area contributed by atoms with E-state index in [1.807, 2.05) is 13.0 Å². The summed E-state index contributed by atoms with van der Waals surface area (Å²) >= 11 is 0. The molecule has 3 heteroatoms. The van der Waals surface area contributed by atoms with E-state index in [-0.39, 0.29) is 11.9 Å². The molecule has 0 fully saturated rings. The zero-order valence-corrected chi connectivity index (χ0v) is 8.74. The zero-order valence-electron chi connectivity index (χ0n) is 8.74. The summed E-state index contributed by atoms with van der Waals surface area (Å²) in [6, 6.07) is 5.06. The Labute approximate surface area is 88.7 Å². The Hall–Kier alpha value is -1.38. The van der Waals surface area contributed by atoms with Crippen LogP contribution < -0.4 is 0 Å². The Balaban J connectivity index is 2.48. The highest BCUT2D eigenvalue weighted by Gasteiger charge is 2.27. The van der Waals surface area contributed by atoms with E-state index in [0.29, 0.717) is 12.1 Å². The highest BCUT2D eigenvalue weighted by Crippen LogP contribution is 2.32. The fourth-order valence-corrected chi connectivity index (χ4v) is 2.31. The van der Waals surface area contributed by atoms with Gasteiger partial charge in [-0.2, -0.15) is 0 Å². The van der Waals surface area contributed by atoms with Crippen LogP contribution in [0.5, 0.6) is 0 Å². The normalized spacial score (nSPS) is 19.9. The summed E-state index contributed by atoms with van der Waals surface area (Å²) in [7, 11) is 0. The molecule has 1 amide bonds. The van der Waals surface area contributed by atoms with Crippen LogP contribution in [0.25, 0.3) is 0 Å². The van der Waals surface area contributed by atoms with Gasteiger partial charge < -0.3 is 4.90 Å². The number of halogens is 1. The molecule has 0 saturated carbocycles. The molecule has 0 N–H and O–H groups in total. The van der Waals surface area contributed by atoms with E-state index in [1.54, 1.807) is 11.0 Å². The smallest absolute Gasteiger partial charge is 0.210 e. The van der Waals surface area contributed by atoms with Gasteiger partial charge in [0.2, 0.25) is 6.41 Å². The van der Waals surface area contributed by atoms with E-state index in [0.717, 1.165) is 24.8 Å². The molecule has 2 nitrogen and oxygen atoms in total. The Morgan fingerprint density at radius 2 is 2.40 bits per heavy atom. The molecule has 0 aliphatic carbocycles. The number of hydrogen-bond acceptors (Lipinski definition) is 1. The van der Waals surface area contributed by atoms with Gasteiger partial charge in [0.25, 0.3) is 0 Å². The number of fused-ring (bicyclic) bond motifs is 1. The predicted octanol–water partition coefficient (Wildman–Crippen LogP) is 2.29. The molecule has 15 heavy (non-hydrogen) atoms. The maximum Gasteiger partial charge on any atom is 0.210 e. The second-order valence-electron chi connectivity index (χ2n) is 3.83. The van der Waals surface area contributed by atoms with Crippen molar-refractivity contribution in [1.29, 1.82) is 0 Å². The molecule has 0 spiro atoms. The lowest BCUT2D eigenvalue weighted by Crippen LogP contribution is -2.34. The highest BCUT2D eigenvalue weighted by atomic mass is 19.1. The van der Waals surface area contributed by atoms with Crippen LogP contribution in [-0.2, 0) is 11.2 Å². The van der Waals surface area contributed by atoms with Crippen molar-refractivity contribution in [2.24, 2.45) is 0 Å². The molecule has 1 aliphatic rings. The van der Waals surface area contributed by atoms with Gasteiger partial charge in [0.15, 0.2) is 0 Å². The van der Waals surface area contributed by atoms with Crippen molar-refractivity contribution in [2.75, 3.05) is 6.54 Å². The topological polar surface area (TPSA) is 20.3 Å². The van der Waals surface area contributed by atoms with E-state index in [1.165, 1.54) is 6.07 Å². The number of benzene rings is 1. The lowest BCUT2D eigenvalue weighted by Gasteiger charge is -2.34. The molecule has 1 unspecified atom stereocenters. The molecule has 1 aromatic rings. The van der Waals surface area contributed by atoms with Crippen LogP contribution in [0.4, 0.5) is 4.39 Å². The van der Waals surface area contributed by atoms with Gasteiger partial charge in [-0.15, -0.1) is 0 Å². The van der Waals surface area contributed by atoms with Crippen molar-refractivity contribution in [2.45, 2.75) is 25.8 Å². The van der Waals surface area contributed by atoms with Gasteiger partial charge in [-0.3, -0.25) is 4.79 Å². The maximum absolute atomic E-state index is 13.7. The van der Waals surface area contributed by atoms with Gasteiger partial charge in [0.1, 0.15) is 5.82 Å². The third kappa shape index (κ3) is 1.62. The van der Waals surface area contributed by atoms with Crippen molar-refractivity contribution < 1.29 is 9.18 Å². The monoisotopic (exact) mass is 207 g/mol. The van der Waals surface area contributed by atoms with E-state index < -0.39 is 0 Å². The van der Waals surface area contributed by atoms with Crippen LogP contribution in [0.3, 0.4) is 0 Å². The van der Waals surface area contributed by atoms with Crippen molar-refractivity contribution in [3.05, 3.63) is 35.1 Å². The minimum absolute atomic E-state index is 0.0903. The molecule has 0 aromatic heterocycles. The minimum atomic E-state index is -0.189. The predicted molar refractivity (Wildman–Crippen MR) is 55.9 cm³/mol. The number of rotatable bonds is 2. The second kappa shape index (κ2) is 4.01. The number of carbonyl (C=O) groups is 1.